The van der Waals surface area contributed by atoms with Crippen molar-refractivity contribution in [2.75, 3.05) is 26.4 Å². The third-order valence-corrected chi connectivity index (χ3v) is 10.7. The number of unbranched alkanes of at least 4 members (excludes halogenated alkanes) is 8. The van der Waals surface area contributed by atoms with Gasteiger partial charge in [-0.05, 0) is 116 Å². The lowest BCUT2D eigenvalue weighted by Crippen LogP contribution is -2.29. The van der Waals surface area contributed by atoms with Gasteiger partial charge in [-0.1, -0.05) is 185 Å². The number of phosphoric acid groups is 1. The van der Waals surface area contributed by atoms with E-state index >= 15 is 0 Å². The number of allylic oxidation sites excluding steroid dienone is 24. The third kappa shape index (κ3) is 51.1. The molecule has 0 spiro atoms. The highest BCUT2D eigenvalue weighted by atomic mass is 31.2. The molecule has 0 aliphatic heterocycles. The summed E-state index contributed by atoms with van der Waals surface area (Å²) in [6.45, 7) is 3.42. The molecule has 0 saturated heterocycles. The van der Waals surface area contributed by atoms with Crippen molar-refractivity contribution >= 4 is 19.8 Å². The summed E-state index contributed by atoms with van der Waals surface area (Å²) in [7, 11) is -4.41. The monoisotopic (exact) mass is 948 g/mol. The first-order valence-corrected chi connectivity index (χ1v) is 26.8. The van der Waals surface area contributed by atoms with E-state index in [1.165, 1.54) is 0 Å². The van der Waals surface area contributed by atoms with E-state index in [0.29, 0.717) is 12.8 Å². The van der Waals surface area contributed by atoms with Crippen LogP contribution in [0.2, 0.25) is 0 Å². The van der Waals surface area contributed by atoms with Crippen LogP contribution in [-0.4, -0.2) is 49.3 Å². The summed E-state index contributed by atoms with van der Waals surface area (Å²) in [5.41, 5.74) is 5.36. The van der Waals surface area contributed by atoms with Crippen LogP contribution in [0.4, 0.5) is 0 Å². The number of esters is 2. The van der Waals surface area contributed by atoms with Crippen LogP contribution in [0, 0.1) is 0 Å². The van der Waals surface area contributed by atoms with Crippen molar-refractivity contribution in [3.05, 3.63) is 146 Å². The molecule has 0 aromatic rings. The van der Waals surface area contributed by atoms with Crippen molar-refractivity contribution < 1.29 is 37.6 Å². The summed E-state index contributed by atoms with van der Waals surface area (Å²) in [4.78, 5) is 35.1. The van der Waals surface area contributed by atoms with E-state index < -0.39 is 32.5 Å². The molecule has 0 aromatic carbocycles. The molecule has 376 valence electrons. The fourth-order valence-corrected chi connectivity index (χ4v) is 6.82. The highest BCUT2D eigenvalue weighted by Gasteiger charge is 2.26. The van der Waals surface area contributed by atoms with E-state index in [4.69, 9.17) is 24.3 Å². The molecule has 0 aliphatic rings. The zero-order valence-corrected chi connectivity index (χ0v) is 42.5. The molecule has 0 aliphatic carbocycles. The van der Waals surface area contributed by atoms with E-state index in [0.717, 1.165) is 128 Å². The molecule has 67 heavy (non-hydrogen) atoms. The van der Waals surface area contributed by atoms with E-state index in [1.54, 1.807) is 0 Å². The first-order chi connectivity index (χ1) is 32.8. The zero-order chi connectivity index (χ0) is 48.8. The fourth-order valence-electron chi connectivity index (χ4n) is 6.05. The van der Waals surface area contributed by atoms with Gasteiger partial charge in [0.2, 0.25) is 0 Å². The van der Waals surface area contributed by atoms with Crippen LogP contribution in [0.25, 0.3) is 0 Å². The average Bonchev–Trinajstić information content (AvgIpc) is 3.32. The van der Waals surface area contributed by atoms with Gasteiger partial charge in [-0.2, -0.15) is 0 Å². The zero-order valence-electron chi connectivity index (χ0n) is 41.6. The molecule has 2 atom stereocenters. The van der Waals surface area contributed by atoms with Crippen LogP contribution >= 0.6 is 7.82 Å². The summed E-state index contributed by atoms with van der Waals surface area (Å²) in [5.74, 6) is -0.902. The second-order valence-electron chi connectivity index (χ2n) is 15.9. The molecule has 9 nitrogen and oxygen atoms in total. The minimum absolute atomic E-state index is 0.0356. The fraction of sp³-hybridized carbons (Fsp3) is 0.544. The van der Waals surface area contributed by atoms with Gasteiger partial charge in [0.15, 0.2) is 6.10 Å². The minimum Gasteiger partial charge on any atom is -0.462 e. The highest BCUT2D eigenvalue weighted by Crippen LogP contribution is 2.43. The first-order valence-electron chi connectivity index (χ1n) is 25.3. The Morgan fingerprint density at radius 2 is 0.776 bits per heavy atom. The Bertz CT molecular complexity index is 1600. The summed E-state index contributed by atoms with van der Waals surface area (Å²) in [5, 5.41) is 0. The highest BCUT2D eigenvalue weighted by molar-refractivity contribution is 7.47. The molecule has 0 aromatic heterocycles. The van der Waals surface area contributed by atoms with Crippen molar-refractivity contribution in [3.63, 3.8) is 0 Å². The molecule has 0 radical (unpaired) electrons. The minimum atomic E-state index is -4.41. The number of rotatable bonds is 45. The van der Waals surface area contributed by atoms with Gasteiger partial charge in [0.05, 0.1) is 13.2 Å². The Hall–Kier alpha value is -4.11. The third-order valence-electron chi connectivity index (χ3n) is 9.72. The predicted octanol–water partition coefficient (Wildman–Crippen LogP) is 15.6. The molecule has 0 rings (SSSR count). The number of hydrogen-bond donors (Lipinski definition) is 2. The molecule has 0 bridgehead atoms. The number of ether oxygens (including phenoxy) is 2. The van der Waals surface area contributed by atoms with Crippen LogP contribution in [-0.2, 0) is 32.7 Å². The van der Waals surface area contributed by atoms with E-state index in [2.05, 4.69) is 160 Å². The second kappa shape index (κ2) is 51.3. The largest absolute Gasteiger partial charge is 0.472 e. The molecule has 2 unspecified atom stereocenters. The van der Waals surface area contributed by atoms with E-state index in [9.17, 15) is 19.0 Å². The normalized spacial score (nSPS) is 14.4. The topological polar surface area (TPSA) is 134 Å². The summed E-state index contributed by atoms with van der Waals surface area (Å²) < 4.78 is 32.9. The summed E-state index contributed by atoms with van der Waals surface area (Å²) in [6, 6.07) is 0. The first kappa shape index (κ1) is 62.9. The van der Waals surface area contributed by atoms with Gasteiger partial charge < -0.3 is 20.1 Å². The number of hydrogen-bond acceptors (Lipinski definition) is 8. The molecule has 0 heterocycles. The predicted molar refractivity (Wildman–Crippen MR) is 283 cm³/mol. The van der Waals surface area contributed by atoms with Crippen LogP contribution in [0.5, 0.6) is 0 Å². The Kier molecular flexibility index (Phi) is 48.1. The molecule has 10 heteroatoms. The number of phosphoric ester groups is 1. The second-order valence-corrected chi connectivity index (χ2v) is 17.4. The lowest BCUT2D eigenvalue weighted by Gasteiger charge is -2.19. The number of nitrogens with two attached hydrogens (primary N) is 1. The standard InChI is InChI=1S/C57H90NO8P/c1-3-5-7-9-11-13-15-17-19-21-23-25-27-29-31-33-35-37-39-41-43-45-47-49-56(59)63-53-55(54-65-67(61,62)64-52-51-58)66-57(60)50-48-46-44-42-40-38-36-34-32-30-28-26-24-22-20-18-16-14-12-10-8-6-4-2/h5-8,11-14,17-20,23-26,29-32,35-38,55H,3-4,9-10,15-16,21-22,27-28,33-34,39-54,58H2,1-2H3,(H,61,62)/b7-5-,8-6-,13-11-,14-12-,19-17-,20-18-,25-23-,26-24-,31-29-,32-30-,37-35-,38-36-. The molecule has 3 N–H and O–H groups in total. The molecule has 0 amide bonds. The summed E-state index contributed by atoms with van der Waals surface area (Å²) >= 11 is 0. The number of carbonyl (C=O) groups excluding carboxylic acids is 2. The maximum absolute atomic E-state index is 12.7. The Balaban J connectivity index is 4.23. The van der Waals surface area contributed by atoms with Gasteiger partial charge >= 0.3 is 19.8 Å². The van der Waals surface area contributed by atoms with E-state index in [-0.39, 0.29) is 32.6 Å². The quantitative estimate of drug-likeness (QED) is 0.0265. The van der Waals surface area contributed by atoms with Gasteiger partial charge in [0, 0.05) is 19.4 Å². The van der Waals surface area contributed by atoms with Crippen LogP contribution < -0.4 is 5.73 Å². The van der Waals surface area contributed by atoms with Crippen LogP contribution in [0.1, 0.15) is 168 Å². The van der Waals surface area contributed by atoms with Gasteiger partial charge in [-0.25, -0.2) is 4.57 Å². The van der Waals surface area contributed by atoms with Crippen molar-refractivity contribution in [2.24, 2.45) is 5.73 Å². The van der Waals surface area contributed by atoms with Gasteiger partial charge in [-0.15, -0.1) is 0 Å². The van der Waals surface area contributed by atoms with Gasteiger partial charge in [0.1, 0.15) is 6.61 Å². The van der Waals surface area contributed by atoms with Gasteiger partial charge in [-0.3, -0.25) is 18.6 Å². The average molecular weight is 948 g/mol. The lowest BCUT2D eigenvalue weighted by molar-refractivity contribution is -0.161. The van der Waals surface area contributed by atoms with Crippen molar-refractivity contribution in [2.45, 2.75) is 174 Å². The Morgan fingerprint density at radius 1 is 0.448 bits per heavy atom. The Labute approximate surface area is 407 Å². The SMILES string of the molecule is CC/C=C\C/C=C\C/C=C\C/C=C\C/C=C\C/C=C\CCCCCCC(=O)OCC(COP(=O)(O)OCCN)OC(=O)CCCCCC/C=C\C/C=C\C/C=C\C/C=C\C/C=C\C/C=C\CC. The van der Waals surface area contributed by atoms with Crippen molar-refractivity contribution in [3.8, 4) is 0 Å². The van der Waals surface area contributed by atoms with Crippen LogP contribution in [0.3, 0.4) is 0 Å². The molecule has 0 fully saturated rings. The molecular formula is C57H90NO8P. The van der Waals surface area contributed by atoms with Crippen LogP contribution in [0.15, 0.2) is 146 Å². The maximum Gasteiger partial charge on any atom is 0.472 e. The number of carbonyl (C=O) groups is 2. The maximum atomic E-state index is 12.7. The summed E-state index contributed by atoms with van der Waals surface area (Å²) in [6.07, 6.45) is 73.1. The van der Waals surface area contributed by atoms with Crippen molar-refractivity contribution in [1.29, 1.82) is 0 Å². The molecule has 0 saturated carbocycles. The smallest absolute Gasteiger partial charge is 0.462 e. The lowest BCUT2D eigenvalue weighted by atomic mass is 10.1. The molecular weight excluding hydrogens is 858 g/mol. The van der Waals surface area contributed by atoms with Gasteiger partial charge in [0.25, 0.3) is 0 Å². The Morgan fingerprint density at radius 3 is 1.13 bits per heavy atom. The van der Waals surface area contributed by atoms with Crippen molar-refractivity contribution in [1.82, 2.24) is 0 Å². The van der Waals surface area contributed by atoms with E-state index in [1.807, 2.05) is 0 Å².